The van der Waals surface area contributed by atoms with E-state index in [1.54, 1.807) is 0 Å². The predicted molar refractivity (Wildman–Crippen MR) is 157 cm³/mol. The van der Waals surface area contributed by atoms with Gasteiger partial charge >= 0.3 is 11.9 Å². The van der Waals surface area contributed by atoms with E-state index in [0.717, 1.165) is 51.4 Å². The van der Waals surface area contributed by atoms with E-state index in [9.17, 15) is 55.5 Å². The van der Waals surface area contributed by atoms with Gasteiger partial charge in [-0.15, -0.1) is 0 Å². The van der Waals surface area contributed by atoms with E-state index in [2.05, 4.69) is 0 Å². The molecular formula is C30H54O16. The van der Waals surface area contributed by atoms with Crippen molar-refractivity contribution in [3.05, 3.63) is 0 Å². The minimum atomic E-state index is -1.63. The molecule has 0 aromatic heterocycles. The van der Waals surface area contributed by atoms with E-state index < -0.39 is 92.2 Å². The Bertz CT molecular complexity index is 861. The Morgan fingerprint density at radius 3 is 1.52 bits per heavy atom. The molecule has 9 N–H and O–H groups in total. The molecule has 0 radical (unpaired) electrons. The third kappa shape index (κ3) is 13.5. The summed E-state index contributed by atoms with van der Waals surface area (Å²) in [6.45, 7) is -0.0744. The maximum Gasteiger partial charge on any atom is 0.305 e. The van der Waals surface area contributed by atoms with Crippen molar-refractivity contribution in [2.24, 2.45) is 0 Å². The van der Waals surface area contributed by atoms with Crippen molar-refractivity contribution in [3.8, 4) is 0 Å². The lowest BCUT2D eigenvalue weighted by molar-refractivity contribution is -0.313. The lowest BCUT2D eigenvalue weighted by Crippen LogP contribution is -2.60. The first-order valence-corrected chi connectivity index (χ1v) is 16.2. The number of aliphatic hydroxyl groups excluding tert-OH is 8. The van der Waals surface area contributed by atoms with Crippen LogP contribution < -0.4 is 0 Å². The van der Waals surface area contributed by atoms with Gasteiger partial charge in [-0.3, -0.25) is 9.59 Å². The molecule has 0 aliphatic carbocycles. The van der Waals surface area contributed by atoms with Gasteiger partial charge in [-0.1, -0.05) is 57.8 Å². The highest BCUT2D eigenvalue weighted by atomic mass is 16.7. The van der Waals surface area contributed by atoms with Gasteiger partial charge in [0.1, 0.15) is 55.4 Å². The predicted octanol–water partition coefficient (Wildman–Crippen LogP) is -1.31. The van der Waals surface area contributed by atoms with Crippen molar-refractivity contribution in [1.29, 1.82) is 0 Å². The molecular weight excluding hydrogens is 616 g/mol. The van der Waals surface area contributed by atoms with Crippen molar-refractivity contribution in [2.45, 2.75) is 158 Å². The van der Waals surface area contributed by atoms with Crippen LogP contribution in [0.5, 0.6) is 0 Å². The maximum absolute atomic E-state index is 11.4. The normalized spacial score (nSPS) is 33.0. The lowest BCUT2D eigenvalue weighted by Gasteiger charge is -2.41. The molecule has 2 rings (SSSR count). The second-order valence-corrected chi connectivity index (χ2v) is 12.1. The fourth-order valence-corrected chi connectivity index (χ4v) is 5.52. The molecule has 46 heavy (non-hydrogen) atoms. The average molecular weight is 671 g/mol. The Morgan fingerprint density at radius 2 is 1.07 bits per heavy atom. The van der Waals surface area contributed by atoms with Gasteiger partial charge in [0.05, 0.1) is 31.8 Å². The Balaban J connectivity index is 1.61. The molecule has 16 nitrogen and oxygen atoms in total. The zero-order chi connectivity index (χ0) is 34.2. The average Bonchev–Trinajstić information content (AvgIpc) is 3.02. The number of carbonyl (C=O) groups is 2. The number of aliphatic carboxylic acids is 1. The molecule has 2 heterocycles. The standard InChI is InChI=1S/C30H54O16/c1-17(33)42-16-21-24(37)26(39)28(41)29(46-21)43-18(13-22(34)35)11-9-7-5-3-2-4-6-8-10-12-19(14-31)44-30-27(40)25(38)23(36)20(15-32)45-30/h18-21,23-32,36-41H,2-16H2,1H3,(H,34,35)/t18?,19?,20-,21-,23-,24-,25+,26+,27-,28-,29-,30-/m1/s1. The van der Waals surface area contributed by atoms with Crippen LogP contribution in [0, 0.1) is 0 Å². The Morgan fingerprint density at radius 1 is 0.630 bits per heavy atom. The van der Waals surface area contributed by atoms with Crippen molar-refractivity contribution in [2.75, 3.05) is 19.8 Å². The fraction of sp³-hybridized carbons (Fsp3) is 0.933. The summed E-state index contributed by atoms with van der Waals surface area (Å²) < 4.78 is 27.0. The second kappa shape index (κ2) is 21.4. The van der Waals surface area contributed by atoms with E-state index in [4.69, 9.17) is 23.7 Å². The van der Waals surface area contributed by atoms with E-state index in [1.807, 2.05) is 0 Å². The fourth-order valence-electron chi connectivity index (χ4n) is 5.52. The molecule has 2 fully saturated rings. The monoisotopic (exact) mass is 670 g/mol. The molecule has 12 atom stereocenters. The van der Waals surface area contributed by atoms with Crippen LogP contribution in [0.3, 0.4) is 0 Å². The molecule has 2 aliphatic heterocycles. The van der Waals surface area contributed by atoms with Crippen molar-refractivity contribution >= 4 is 11.9 Å². The van der Waals surface area contributed by atoms with Crippen LogP contribution in [-0.4, -0.2) is 151 Å². The largest absolute Gasteiger partial charge is 0.481 e. The molecule has 0 bridgehead atoms. The summed E-state index contributed by atoms with van der Waals surface area (Å²) in [7, 11) is 0. The minimum absolute atomic E-state index is 0.316. The van der Waals surface area contributed by atoms with Gasteiger partial charge in [-0.2, -0.15) is 0 Å². The highest BCUT2D eigenvalue weighted by molar-refractivity contribution is 5.67. The first-order valence-electron chi connectivity index (χ1n) is 16.2. The van der Waals surface area contributed by atoms with Crippen LogP contribution in [-0.2, 0) is 33.3 Å². The Hall–Kier alpha value is -1.54. The first-order chi connectivity index (χ1) is 21.9. The molecule has 2 unspecified atom stereocenters. The van der Waals surface area contributed by atoms with Crippen molar-refractivity contribution in [3.63, 3.8) is 0 Å². The number of ether oxygens (including phenoxy) is 5. The summed E-state index contributed by atoms with van der Waals surface area (Å²) in [4.78, 5) is 22.5. The number of unbranched alkanes of at least 4 members (excludes halogenated alkanes) is 8. The maximum atomic E-state index is 11.4. The number of aliphatic hydroxyl groups is 8. The number of carboxylic acids is 1. The lowest BCUT2D eigenvalue weighted by atomic mass is 9.99. The summed E-state index contributed by atoms with van der Waals surface area (Å²) in [6, 6.07) is 0. The summed E-state index contributed by atoms with van der Waals surface area (Å²) >= 11 is 0. The topological polar surface area (TPSA) is 262 Å². The van der Waals surface area contributed by atoms with Crippen LogP contribution in [0.2, 0.25) is 0 Å². The van der Waals surface area contributed by atoms with Gasteiger partial charge in [0, 0.05) is 6.92 Å². The molecule has 0 saturated carbocycles. The van der Waals surface area contributed by atoms with Crippen LogP contribution in [0.25, 0.3) is 0 Å². The third-order valence-corrected chi connectivity index (χ3v) is 8.28. The number of carbonyl (C=O) groups excluding carboxylic acids is 1. The first kappa shape index (κ1) is 40.6. The van der Waals surface area contributed by atoms with Gasteiger partial charge in [-0.05, 0) is 12.8 Å². The SMILES string of the molecule is CC(=O)OC[C@H]1O[C@@H](OC(CCCCCCCCCCCC(CO)O[C@@H]2O[C@H](CO)[C@@H](O)[C@H](O)[C@H]2O)CC(=O)O)[C@H](O)[C@@H](O)[C@@H]1O. The third-order valence-electron chi connectivity index (χ3n) is 8.28. The summed E-state index contributed by atoms with van der Waals surface area (Å²) in [6.07, 6.45) is -7.10. The van der Waals surface area contributed by atoms with Crippen LogP contribution >= 0.6 is 0 Å². The smallest absolute Gasteiger partial charge is 0.305 e. The summed E-state index contributed by atoms with van der Waals surface area (Å²) in [5.74, 6) is -1.72. The van der Waals surface area contributed by atoms with Crippen LogP contribution in [0.1, 0.15) is 84.0 Å². The molecule has 270 valence electrons. The molecule has 0 aromatic carbocycles. The van der Waals surface area contributed by atoms with E-state index in [-0.39, 0.29) is 19.6 Å². The zero-order valence-electron chi connectivity index (χ0n) is 26.4. The van der Waals surface area contributed by atoms with E-state index in [1.165, 1.54) is 6.92 Å². The number of carboxylic acid groups (broad SMARTS) is 1. The molecule has 0 aromatic rings. The van der Waals surface area contributed by atoms with E-state index >= 15 is 0 Å². The number of esters is 1. The van der Waals surface area contributed by atoms with Crippen LogP contribution in [0.4, 0.5) is 0 Å². The number of hydrogen-bond acceptors (Lipinski definition) is 15. The zero-order valence-corrected chi connectivity index (χ0v) is 26.4. The van der Waals surface area contributed by atoms with Gasteiger partial charge < -0.3 is 69.6 Å². The van der Waals surface area contributed by atoms with Gasteiger partial charge in [0.15, 0.2) is 12.6 Å². The minimum Gasteiger partial charge on any atom is -0.481 e. The van der Waals surface area contributed by atoms with Gasteiger partial charge in [0.25, 0.3) is 0 Å². The summed E-state index contributed by atoms with van der Waals surface area (Å²) in [5, 5.41) is 88.8. The highest BCUT2D eigenvalue weighted by Crippen LogP contribution is 2.26. The number of hydrogen-bond donors (Lipinski definition) is 9. The van der Waals surface area contributed by atoms with Crippen molar-refractivity contribution < 1.29 is 79.2 Å². The van der Waals surface area contributed by atoms with Crippen LogP contribution in [0.15, 0.2) is 0 Å². The second-order valence-electron chi connectivity index (χ2n) is 12.1. The highest BCUT2D eigenvalue weighted by Gasteiger charge is 2.46. The number of rotatable bonds is 22. The van der Waals surface area contributed by atoms with E-state index in [0.29, 0.717) is 19.3 Å². The molecule has 0 spiro atoms. The molecule has 0 amide bonds. The quantitative estimate of drug-likeness (QED) is 0.0478. The molecule has 2 saturated heterocycles. The Labute approximate surface area is 268 Å². The van der Waals surface area contributed by atoms with Gasteiger partial charge in [-0.25, -0.2) is 0 Å². The Kier molecular flexibility index (Phi) is 18.9. The van der Waals surface area contributed by atoms with Gasteiger partial charge in [0.2, 0.25) is 0 Å². The molecule has 16 heteroatoms. The molecule has 2 aliphatic rings. The summed E-state index contributed by atoms with van der Waals surface area (Å²) in [5.41, 5.74) is 0. The van der Waals surface area contributed by atoms with Crippen molar-refractivity contribution in [1.82, 2.24) is 0 Å².